The van der Waals surface area contributed by atoms with Crippen LogP contribution in [0.2, 0.25) is 0 Å². The van der Waals surface area contributed by atoms with E-state index in [1.165, 1.54) is 26.2 Å². The quantitative estimate of drug-likeness (QED) is 0.628. The average molecular weight is 197 g/mol. The molecule has 0 heterocycles. The van der Waals surface area contributed by atoms with Crippen molar-refractivity contribution >= 4 is 11.7 Å². The van der Waals surface area contributed by atoms with E-state index in [0.717, 1.165) is 13.1 Å². The van der Waals surface area contributed by atoms with Gasteiger partial charge < -0.3 is 4.90 Å². The molecule has 0 aromatic carbocycles. The lowest BCUT2D eigenvalue weighted by Crippen LogP contribution is -2.37. The Hall–Kier alpha value is -0.860. The van der Waals surface area contributed by atoms with Crippen LogP contribution in [0.3, 0.4) is 0 Å². The highest BCUT2D eigenvalue weighted by Crippen LogP contribution is 2.27. The molecule has 14 heavy (non-hydrogen) atoms. The maximum atomic E-state index is 11.6. The van der Waals surface area contributed by atoms with Crippen LogP contribution >= 0.6 is 0 Å². The molecule has 0 aliphatic heterocycles. The van der Waals surface area contributed by atoms with Crippen molar-refractivity contribution in [2.24, 2.45) is 5.92 Å². The summed E-state index contributed by atoms with van der Waals surface area (Å²) in [6.07, 6.45) is 3.84. The van der Waals surface area contributed by atoms with Crippen LogP contribution in [0.1, 0.15) is 39.5 Å². The van der Waals surface area contributed by atoms with E-state index >= 15 is 0 Å². The number of amides is 1. The Morgan fingerprint density at radius 2 is 2.00 bits per heavy atom. The predicted molar refractivity (Wildman–Crippen MR) is 54.9 cm³/mol. The van der Waals surface area contributed by atoms with Gasteiger partial charge in [0.25, 0.3) is 0 Å². The Balaban J connectivity index is 2.35. The van der Waals surface area contributed by atoms with E-state index in [1.807, 2.05) is 11.8 Å². The first kappa shape index (κ1) is 11.2. The first-order valence-corrected chi connectivity index (χ1v) is 5.40. The van der Waals surface area contributed by atoms with Crippen LogP contribution in [-0.4, -0.2) is 29.7 Å². The second kappa shape index (κ2) is 5.13. The monoisotopic (exact) mass is 197 g/mol. The van der Waals surface area contributed by atoms with Crippen molar-refractivity contribution in [3.8, 4) is 0 Å². The second-order valence-corrected chi connectivity index (χ2v) is 4.11. The van der Waals surface area contributed by atoms with Gasteiger partial charge in [-0.3, -0.25) is 9.59 Å². The van der Waals surface area contributed by atoms with Crippen molar-refractivity contribution in [2.75, 3.05) is 13.1 Å². The first-order valence-electron chi connectivity index (χ1n) is 5.40. The Labute approximate surface area is 85.5 Å². The molecular weight excluding hydrogens is 178 g/mol. The number of ketones is 1. The van der Waals surface area contributed by atoms with Crippen LogP contribution < -0.4 is 0 Å². The second-order valence-electron chi connectivity index (χ2n) is 4.11. The summed E-state index contributed by atoms with van der Waals surface area (Å²) in [6, 6.07) is 0. The average Bonchev–Trinajstić information content (AvgIpc) is 2.01. The standard InChI is InChI=1S/C11H19NO2/c1-3-12(8-10-5-4-6-10)11(14)7-9(2)13/h10H,3-8H2,1-2H3. The number of rotatable bonds is 5. The number of hydrogen-bond acceptors (Lipinski definition) is 2. The summed E-state index contributed by atoms with van der Waals surface area (Å²) in [5.74, 6) is 0.639. The largest absolute Gasteiger partial charge is 0.342 e. The highest BCUT2D eigenvalue weighted by Gasteiger charge is 2.22. The highest BCUT2D eigenvalue weighted by molar-refractivity contribution is 5.96. The van der Waals surface area contributed by atoms with Crippen LogP contribution in [0.5, 0.6) is 0 Å². The van der Waals surface area contributed by atoms with Gasteiger partial charge in [-0.15, -0.1) is 0 Å². The van der Waals surface area contributed by atoms with Gasteiger partial charge in [-0.1, -0.05) is 6.42 Å². The molecule has 0 saturated heterocycles. The van der Waals surface area contributed by atoms with E-state index in [9.17, 15) is 9.59 Å². The van der Waals surface area contributed by atoms with E-state index in [1.54, 1.807) is 0 Å². The molecule has 3 nitrogen and oxygen atoms in total. The fraction of sp³-hybridized carbons (Fsp3) is 0.818. The van der Waals surface area contributed by atoms with Gasteiger partial charge in [0.15, 0.2) is 0 Å². The number of nitrogens with zero attached hydrogens (tertiary/aromatic N) is 1. The van der Waals surface area contributed by atoms with Gasteiger partial charge in [-0.2, -0.15) is 0 Å². The Morgan fingerprint density at radius 3 is 2.36 bits per heavy atom. The summed E-state index contributed by atoms with van der Waals surface area (Å²) in [6.45, 7) is 5.01. The van der Waals surface area contributed by atoms with Gasteiger partial charge >= 0.3 is 0 Å². The van der Waals surface area contributed by atoms with Crippen molar-refractivity contribution in [2.45, 2.75) is 39.5 Å². The molecule has 0 N–H and O–H groups in total. The summed E-state index contributed by atoms with van der Waals surface area (Å²) in [7, 11) is 0. The van der Waals surface area contributed by atoms with Crippen molar-refractivity contribution < 1.29 is 9.59 Å². The number of Topliss-reactive ketones (excluding diaryl/α,β-unsaturated/α-hetero) is 1. The van der Waals surface area contributed by atoms with E-state index in [-0.39, 0.29) is 18.1 Å². The third-order valence-corrected chi connectivity index (χ3v) is 2.84. The lowest BCUT2D eigenvalue weighted by atomic mass is 9.85. The van der Waals surface area contributed by atoms with Crippen LogP contribution in [0.4, 0.5) is 0 Å². The zero-order chi connectivity index (χ0) is 10.6. The molecule has 3 heteroatoms. The minimum absolute atomic E-state index is 0.00750. The summed E-state index contributed by atoms with van der Waals surface area (Å²) in [5, 5.41) is 0. The number of hydrogen-bond donors (Lipinski definition) is 0. The normalized spacial score (nSPS) is 16.1. The molecule has 0 aromatic heterocycles. The third kappa shape index (κ3) is 3.13. The van der Waals surface area contributed by atoms with Gasteiger partial charge in [-0.05, 0) is 32.6 Å². The summed E-state index contributed by atoms with van der Waals surface area (Å²) < 4.78 is 0. The maximum absolute atomic E-state index is 11.6. The minimum atomic E-state index is -0.0398. The molecule has 0 aromatic rings. The molecular formula is C11H19NO2. The fourth-order valence-corrected chi connectivity index (χ4v) is 1.72. The molecule has 1 saturated carbocycles. The van der Waals surface area contributed by atoms with Gasteiger partial charge in [-0.25, -0.2) is 0 Å². The van der Waals surface area contributed by atoms with Crippen LogP contribution in [0.15, 0.2) is 0 Å². The minimum Gasteiger partial charge on any atom is -0.342 e. The lowest BCUT2D eigenvalue weighted by molar-refractivity contribution is -0.135. The topological polar surface area (TPSA) is 37.4 Å². The van der Waals surface area contributed by atoms with E-state index in [4.69, 9.17) is 0 Å². The smallest absolute Gasteiger partial charge is 0.230 e. The van der Waals surface area contributed by atoms with E-state index in [2.05, 4.69) is 0 Å². The Morgan fingerprint density at radius 1 is 1.36 bits per heavy atom. The van der Waals surface area contributed by atoms with Crippen molar-refractivity contribution in [1.82, 2.24) is 4.90 Å². The number of carbonyl (C=O) groups excluding carboxylic acids is 2. The van der Waals surface area contributed by atoms with Crippen molar-refractivity contribution in [3.05, 3.63) is 0 Å². The zero-order valence-electron chi connectivity index (χ0n) is 9.08. The van der Waals surface area contributed by atoms with E-state index in [0.29, 0.717) is 5.92 Å². The first-order chi connectivity index (χ1) is 6.63. The van der Waals surface area contributed by atoms with Crippen molar-refractivity contribution in [3.63, 3.8) is 0 Å². The molecule has 1 aliphatic rings. The van der Waals surface area contributed by atoms with Crippen molar-refractivity contribution in [1.29, 1.82) is 0 Å². The van der Waals surface area contributed by atoms with Crippen LogP contribution in [-0.2, 0) is 9.59 Å². The van der Waals surface area contributed by atoms with Gasteiger partial charge in [0.05, 0.1) is 6.42 Å². The molecule has 1 aliphatic carbocycles. The molecule has 1 amide bonds. The summed E-state index contributed by atoms with van der Waals surface area (Å²) in [4.78, 5) is 24.2. The molecule has 0 unspecified atom stereocenters. The maximum Gasteiger partial charge on any atom is 0.230 e. The van der Waals surface area contributed by atoms with E-state index < -0.39 is 0 Å². The molecule has 0 atom stereocenters. The summed E-state index contributed by atoms with van der Waals surface area (Å²) in [5.41, 5.74) is 0. The lowest BCUT2D eigenvalue weighted by Gasteiger charge is -2.31. The molecule has 80 valence electrons. The Bertz CT molecular complexity index is 221. The molecule has 0 radical (unpaired) electrons. The SMILES string of the molecule is CCN(CC1CCC1)C(=O)CC(C)=O. The van der Waals surface area contributed by atoms with Gasteiger partial charge in [0.2, 0.25) is 5.91 Å². The third-order valence-electron chi connectivity index (χ3n) is 2.84. The molecule has 1 rings (SSSR count). The predicted octanol–water partition coefficient (Wildman–Crippen LogP) is 1.61. The highest BCUT2D eigenvalue weighted by atomic mass is 16.2. The molecule has 0 spiro atoms. The number of carbonyl (C=O) groups is 2. The molecule has 1 fully saturated rings. The van der Waals surface area contributed by atoms with Crippen LogP contribution in [0, 0.1) is 5.92 Å². The summed E-state index contributed by atoms with van der Waals surface area (Å²) >= 11 is 0. The zero-order valence-corrected chi connectivity index (χ0v) is 9.08. The van der Waals surface area contributed by atoms with Crippen LogP contribution in [0.25, 0.3) is 0 Å². The Kier molecular flexibility index (Phi) is 4.11. The van der Waals surface area contributed by atoms with Gasteiger partial charge in [0.1, 0.15) is 5.78 Å². The molecule has 0 bridgehead atoms. The fourth-order valence-electron chi connectivity index (χ4n) is 1.72. The van der Waals surface area contributed by atoms with Gasteiger partial charge in [0, 0.05) is 13.1 Å².